The molecule has 0 aliphatic rings. The van der Waals surface area contributed by atoms with Gasteiger partial charge in [0.05, 0.1) is 5.02 Å². The highest BCUT2D eigenvalue weighted by Crippen LogP contribution is 2.23. The minimum Gasteiger partial charge on any atom is -0.309 e. The van der Waals surface area contributed by atoms with Crippen molar-refractivity contribution in [1.82, 2.24) is 10.2 Å². The summed E-state index contributed by atoms with van der Waals surface area (Å²) >= 11 is 9.52. The summed E-state index contributed by atoms with van der Waals surface area (Å²) < 4.78 is 0.934. The summed E-state index contributed by atoms with van der Waals surface area (Å²) in [6, 6.07) is 14.6. The summed E-state index contributed by atoms with van der Waals surface area (Å²) in [6.45, 7) is 2.63. The first kappa shape index (κ1) is 16.5. The van der Waals surface area contributed by atoms with Gasteiger partial charge >= 0.3 is 0 Å². The maximum atomic E-state index is 6.11. The average molecular weight is 368 g/mol. The Morgan fingerprint density at radius 3 is 2.43 bits per heavy atom. The number of rotatable bonds is 6. The summed E-state index contributed by atoms with van der Waals surface area (Å²) in [4.78, 5) is 2.19. The van der Waals surface area contributed by atoms with Gasteiger partial charge in [0.1, 0.15) is 0 Å². The van der Waals surface area contributed by atoms with E-state index in [1.54, 1.807) is 0 Å². The monoisotopic (exact) mass is 366 g/mol. The molecule has 2 aromatic carbocycles. The number of hydrogen-bond donors (Lipinski definition) is 1. The second-order valence-corrected chi connectivity index (χ2v) is 6.62. The third-order valence-corrected chi connectivity index (χ3v) is 4.47. The fraction of sp³-hybridized carbons (Fsp3) is 0.294. The normalized spacial score (nSPS) is 11.1. The van der Waals surface area contributed by atoms with Crippen LogP contribution in [0.15, 0.2) is 46.9 Å². The highest BCUT2D eigenvalue weighted by atomic mass is 79.9. The van der Waals surface area contributed by atoms with E-state index in [1.165, 1.54) is 16.7 Å². The standard InChI is InChI=1S/C17H20BrClN2/c1-21(2)12-15-6-4-3-5-14(15)11-20-10-13-7-8-16(18)17(19)9-13/h3-9,20H,10-12H2,1-2H3. The number of benzene rings is 2. The second kappa shape index (κ2) is 7.95. The molecular weight excluding hydrogens is 348 g/mol. The molecule has 0 spiro atoms. The Labute approximate surface area is 140 Å². The van der Waals surface area contributed by atoms with Gasteiger partial charge < -0.3 is 10.2 Å². The number of halogens is 2. The minimum atomic E-state index is 0.752. The molecule has 0 atom stereocenters. The maximum absolute atomic E-state index is 6.11. The molecule has 2 nitrogen and oxygen atoms in total. The predicted molar refractivity (Wildman–Crippen MR) is 93.5 cm³/mol. The van der Waals surface area contributed by atoms with E-state index in [4.69, 9.17) is 11.6 Å². The van der Waals surface area contributed by atoms with Gasteiger partial charge in [0.2, 0.25) is 0 Å². The van der Waals surface area contributed by atoms with Gasteiger partial charge in [-0.1, -0.05) is 41.9 Å². The summed E-state index contributed by atoms with van der Waals surface area (Å²) in [5.41, 5.74) is 3.89. The lowest BCUT2D eigenvalue weighted by molar-refractivity contribution is 0.400. The molecule has 0 heterocycles. The fourth-order valence-electron chi connectivity index (χ4n) is 2.22. The van der Waals surface area contributed by atoms with E-state index in [0.29, 0.717) is 0 Å². The summed E-state index contributed by atoms with van der Waals surface area (Å²) in [5.74, 6) is 0. The lowest BCUT2D eigenvalue weighted by atomic mass is 10.1. The van der Waals surface area contributed by atoms with Gasteiger partial charge in [-0.05, 0) is 58.8 Å². The van der Waals surface area contributed by atoms with Gasteiger partial charge in [-0.25, -0.2) is 0 Å². The Bertz CT molecular complexity index is 599. The molecule has 4 heteroatoms. The summed E-state index contributed by atoms with van der Waals surface area (Å²) in [7, 11) is 4.18. The smallest absolute Gasteiger partial charge is 0.0551 e. The van der Waals surface area contributed by atoms with Crippen molar-refractivity contribution in [2.45, 2.75) is 19.6 Å². The van der Waals surface area contributed by atoms with E-state index in [9.17, 15) is 0 Å². The van der Waals surface area contributed by atoms with Gasteiger partial charge in [0.15, 0.2) is 0 Å². The Morgan fingerprint density at radius 2 is 1.76 bits per heavy atom. The highest BCUT2D eigenvalue weighted by molar-refractivity contribution is 9.10. The van der Waals surface area contributed by atoms with Crippen molar-refractivity contribution in [3.8, 4) is 0 Å². The van der Waals surface area contributed by atoms with Gasteiger partial charge in [-0.3, -0.25) is 0 Å². The Balaban J connectivity index is 1.95. The molecule has 0 aliphatic heterocycles. The molecule has 0 unspecified atom stereocenters. The third-order valence-electron chi connectivity index (χ3n) is 3.23. The number of hydrogen-bond acceptors (Lipinski definition) is 2. The van der Waals surface area contributed by atoms with Crippen LogP contribution in [0.5, 0.6) is 0 Å². The van der Waals surface area contributed by atoms with Crippen molar-refractivity contribution in [3.63, 3.8) is 0 Å². The van der Waals surface area contributed by atoms with E-state index in [2.05, 4.69) is 70.6 Å². The van der Waals surface area contributed by atoms with Crippen molar-refractivity contribution >= 4 is 27.5 Å². The quantitative estimate of drug-likeness (QED) is 0.811. The molecule has 0 amide bonds. The average Bonchev–Trinajstić information content (AvgIpc) is 2.44. The lowest BCUT2D eigenvalue weighted by Crippen LogP contribution is -2.17. The van der Waals surface area contributed by atoms with Crippen LogP contribution in [0.1, 0.15) is 16.7 Å². The van der Waals surface area contributed by atoms with E-state index >= 15 is 0 Å². The van der Waals surface area contributed by atoms with Crippen molar-refractivity contribution in [2.75, 3.05) is 14.1 Å². The molecule has 0 aromatic heterocycles. The van der Waals surface area contributed by atoms with Crippen LogP contribution in [0.3, 0.4) is 0 Å². The molecule has 0 saturated heterocycles. The minimum absolute atomic E-state index is 0.752. The Morgan fingerprint density at radius 1 is 1.05 bits per heavy atom. The maximum Gasteiger partial charge on any atom is 0.0551 e. The summed E-state index contributed by atoms with van der Waals surface area (Å²) in [6.07, 6.45) is 0. The summed E-state index contributed by atoms with van der Waals surface area (Å²) in [5, 5.41) is 4.24. The zero-order chi connectivity index (χ0) is 15.2. The van der Waals surface area contributed by atoms with Gasteiger partial charge in [0.25, 0.3) is 0 Å². The van der Waals surface area contributed by atoms with Crippen molar-refractivity contribution in [3.05, 3.63) is 68.7 Å². The van der Waals surface area contributed by atoms with Crippen LogP contribution in [0, 0.1) is 0 Å². The first-order valence-electron chi connectivity index (χ1n) is 6.92. The molecular formula is C17H20BrClN2. The number of nitrogens with one attached hydrogen (secondary N) is 1. The number of nitrogens with zero attached hydrogens (tertiary/aromatic N) is 1. The molecule has 2 rings (SSSR count). The third kappa shape index (κ3) is 5.11. The molecule has 112 valence electrons. The van der Waals surface area contributed by atoms with Crippen LogP contribution >= 0.6 is 27.5 Å². The van der Waals surface area contributed by atoms with E-state index in [1.807, 2.05) is 12.1 Å². The second-order valence-electron chi connectivity index (χ2n) is 5.36. The van der Waals surface area contributed by atoms with E-state index in [0.717, 1.165) is 29.1 Å². The SMILES string of the molecule is CN(C)Cc1ccccc1CNCc1ccc(Br)c(Cl)c1. The Hall–Kier alpha value is -0.870. The fourth-order valence-corrected chi connectivity index (χ4v) is 2.67. The predicted octanol–water partition coefficient (Wildman–Crippen LogP) is 4.45. The van der Waals surface area contributed by atoms with Gasteiger partial charge in [0, 0.05) is 24.1 Å². The molecule has 0 bridgehead atoms. The van der Waals surface area contributed by atoms with Crippen molar-refractivity contribution < 1.29 is 0 Å². The first-order valence-corrected chi connectivity index (χ1v) is 8.09. The van der Waals surface area contributed by atoms with Crippen molar-refractivity contribution in [1.29, 1.82) is 0 Å². The molecule has 21 heavy (non-hydrogen) atoms. The van der Waals surface area contributed by atoms with Crippen LogP contribution in [0.2, 0.25) is 5.02 Å². The lowest BCUT2D eigenvalue weighted by Gasteiger charge is -2.14. The largest absolute Gasteiger partial charge is 0.309 e. The van der Waals surface area contributed by atoms with E-state index < -0.39 is 0 Å². The molecule has 0 fully saturated rings. The Kier molecular flexibility index (Phi) is 6.24. The van der Waals surface area contributed by atoms with Gasteiger partial charge in [-0.2, -0.15) is 0 Å². The van der Waals surface area contributed by atoms with Crippen LogP contribution < -0.4 is 5.32 Å². The zero-order valence-corrected chi connectivity index (χ0v) is 14.7. The van der Waals surface area contributed by atoms with Crippen LogP contribution in [-0.2, 0) is 19.6 Å². The topological polar surface area (TPSA) is 15.3 Å². The van der Waals surface area contributed by atoms with Crippen LogP contribution in [0.25, 0.3) is 0 Å². The molecule has 2 aromatic rings. The van der Waals surface area contributed by atoms with Crippen molar-refractivity contribution in [2.24, 2.45) is 0 Å². The molecule has 1 N–H and O–H groups in total. The highest BCUT2D eigenvalue weighted by Gasteiger charge is 2.03. The van der Waals surface area contributed by atoms with Gasteiger partial charge in [-0.15, -0.1) is 0 Å². The van der Waals surface area contributed by atoms with E-state index in [-0.39, 0.29) is 0 Å². The zero-order valence-electron chi connectivity index (χ0n) is 12.4. The molecule has 0 radical (unpaired) electrons. The first-order chi connectivity index (χ1) is 10.1. The van der Waals surface area contributed by atoms with Crippen LogP contribution in [0.4, 0.5) is 0 Å². The molecule has 0 saturated carbocycles. The molecule has 0 aliphatic carbocycles. The van der Waals surface area contributed by atoms with Crippen LogP contribution in [-0.4, -0.2) is 19.0 Å².